The number of nitrogens with zero attached hydrogens (tertiary/aromatic N) is 3. The Morgan fingerprint density at radius 3 is 2.25 bits per heavy atom. The lowest BCUT2D eigenvalue weighted by Crippen LogP contribution is -2.53. The first-order valence-corrected chi connectivity index (χ1v) is 11.3. The van der Waals surface area contributed by atoms with Gasteiger partial charge >= 0.3 is 0 Å². The largest absolute Gasteiger partial charge is 0.353 e. The third kappa shape index (κ3) is 6.26. The van der Waals surface area contributed by atoms with Crippen molar-refractivity contribution in [1.82, 2.24) is 19.4 Å². The van der Waals surface area contributed by atoms with Crippen LogP contribution in [-0.2, 0) is 19.6 Å². The monoisotopic (exact) mass is 474 g/mol. The number of rotatable bonds is 7. The number of nitrogens with one attached hydrogen (secondary N) is 1. The third-order valence-corrected chi connectivity index (χ3v) is 6.77. The topological polar surface area (TPSA) is 90.0 Å². The van der Waals surface area contributed by atoms with Crippen LogP contribution in [-0.4, -0.2) is 86.7 Å². The Labute approximate surface area is 175 Å². The molecular weight excluding hydrogens is 448 g/mol. The SMILES string of the molecule is CC(C)NC(=O)CN1CCN(C(=O)CN(C)S(=O)(=O)c2ccc(Br)cc2)CC1. The molecule has 0 unspecified atom stereocenters. The molecule has 2 amide bonds. The first kappa shape index (κ1) is 22.8. The van der Waals surface area contributed by atoms with Gasteiger partial charge in [-0.1, -0.05) is 15.9 Å². The fourth-order valence-corrected chi connectivity index (χ4v) is 4.27. The number of halogens is 1. The highest BCUT2D eigenvalue weighted by molar-refractivity contribution is 9.10. The first-order chi connectivity index (χ1) is 13.1. The van der Waals surface area contributed by atoms with Crippen LogP contribution in [0.5, 0.6) is 0 Å². The van der Waals surface area contributed by atoms with Crippen molar-refractivity contribution in [2.75, 3.05) is 46.3 Å². The minimum Gasteiger partial charge on any atom is -0.353 e. The van der Waals surface area contributed by atoms with Crippen molar-refractivity contribution in [3.05, 3.63) is 28.7 Å². The lowest BCUT2D eigenvalue weighted by Gasteiger charge is -2.35. The summed E-state index contributed by atoms with van der Waals surface area (Å²) in [4.78, 5) is 28.1. The van der Waals surface area contributed by atoms with Gasteiger partial charge in [0.2, 0.25) is 21.8 Å². The van der Waals surface area contributed by atoms with Gasteiger partial charge in [0.05, 0.1) is 18.0 Å². The number of hydrogen-bond acceptors (Lipinski definition) is 5. The minimum absolute atomic E-state index is 0.0323. The van der Waals surface area contributed by atoms with E-state index in [-0.39, 0.29) is 29.3 Å². The van der Waals surface area contributed by atoms with Gasteiger partial charge in [0.1, 0.15) is 0 Å². The molecule has 1 aliphatic heterocycles. The summed E-state index contributed by atoms with van der Waals surface area (Å²) in [6, 6.07) is 6.40. The Morgan fingerprint density at radius 2 is 1.71 bits per heavy atom. The van der Waals surface area contributed by atoms with Crippen molar-refractivity contribution < 1.29 is 18.0 Å². The highest BCUT2D eigenvalue weighted by atomic mass is 79.9. The Balaban J connectivity index is 1.86. The van der Waals surface area contributed by atoms with Gasteiger partial charge in [-0.15, -0.1) is 0 Å². The van der Waals surface area contributed by atoms with Crippen LogP contribution in [0, 0.1) is 0 Å². The van der Waals surface area contributed by atoms with Crippen LogP contribution in [0.2, 0.25) is 0 Å². The van der Waals surface area contributed by atoms with E-state index in [0.29, 0.717) is 32.7 Å². The molecule has 0 atom stereocenters. The molecule has 0 spiro atoms. The summed E-state index contributed by atoms with van der Waals surface area (Å²) in [6.07, 6.45) is 0. The van der Waals surface area contributed by atoms with E-state index in [1.165, 1.54) is 19.2 Å². The average molecular weight is 475 g/mol. The maximum atomic E-state index is 12.6. The molecule has 10 heteroatoms. The standard InChI is InChI=1S/C18H27BrN4O4S/c1-14(2)20-17(24)12-22-8-10-23(11-9-22)18(25)13-21(3)28(26,27)16-6-4-15(19)5-7-16/h4-7,14H,8-13H2,1-3H3,(H,20,24). The number of sulfonamides is 1. The second kappa shape index (κ2) is 9.82. The van der Waals surface area contributed by atoms with Crippen LogP contribution in [0.1, 0.15) is 13.8 Å². The molecular formula is C18H27BrN4O4S. The molecule has 0 bridgehead atoms. The molecule has 0 aromatic heterocycles. The highest BCUT2D eigenvalue weighted by Crippen LogP contribution is 2.18. The Hall–Kier alpha value is -1.49. The van der Waals surface area contributed by atoms with Crippen LogP contribution in [0.3, 0.4) is 0 Å². The third-order valence-electron chi connectivity index (χ3n) is 4.42. The number of benzene rings is 1. The molecule has 0 radical (unpaired) electrons. The summed E-state index contributed by atoms with van der Waals surface area (Å²) in [7, 11) is -2.32. The van der Waals surface area contributed by atoms with Crippen molar-refractivity contribution in [3.8, 4) is 0 Å². The number of likely N-dealkylation sites (N-methyl/N-ethyl adjacent to an activating group) is 1. The molecule has 1 aromatic carbocycles. The van der Waals surface area contributed by atoms with Crippen molar-refractivity contribution in [2.45, 2.75) is 24.8 Å². The highest BCUT2D eigenvalue weighted by Gasteiger charge is 2.27. The predicted octanol–water partition coefficient (Wildman–Crippen LogP) is 0.738. The molecule has 1 aliphatic rings. The van der Waals surface area contributed by atoms with E-state index in [1.54, 1.807) is 17.0 Å². The van der Waals surface area contributed by atoms with Crippen LogP contribution in [0.15, 0.2) is 33.6 Å². The Bertz CT molecular complexity index is 790. The van der Waals surface area contributed by atoms with Crippen LogP contribution in [0.25, 0.3) is 0 Å². The van der Waals surface area contributed by atoms with E-state index in [2.05, 4.69) is 21.2 Å². The summed E-state index contributed by atoms with van der Waals surface area (Å²) in [6.45, 7) is 6.02. The van der Waals surface area contributed by atoms with Crippen molar-refractivity contribution in [3.63, 3.8) is 0 Å². The molecule has 28 heavy (non-hydrogen) atoms. The molecule has 0 saturated carbocycles. The second-order valence-electron chi connectivity index (χ2n) is 7.09. The molecule has 1 aromatic rings. The molecule has 1 fully saturated rings. The predicted molar refractivity (Wildman–Crippen MR) is 110 cm³/mol. The normalized spacial score (nSPS) is 15.9. The van der Waals surface area contributed by atoms with Gasteiger partial charge in [-0.2, -0.15) is 4.31 Å². The molecule has 1 saturated heterocycles. The lowest BCUT2D eigenvalue weighted by molar-refractivity contribution is -0.133. The molecule has 156 valence electrons. The number of piperazine rings is 1. The number of carbonyl (C=O) groups is 2. The van der Waals surface area contributed by atoms with E-state index < -0.39 is 10.0 Å². The van der Waals surface area contributed by atoms with Crippen molar-refractivity contribution in [1.29, 1.82) is 0 Å². The zero-order chi connectivity index (χ0) is 20.9. The number of amides is 2. The van der Waals surface area contributed by atoms with Crippen molar-refractivity contribution >= 4 is 37.8 Å². The minimum atomic E-state index is -3.73. The fourth-order valence-electron chi connectivity index (χ4n) is 2.89. The van der Waals surface area contributed by atoms with Gasteiger partial charge < -0.3 is 10.2 Å². The summed E-state index contributed by atoms with van der Waals surface area (Å²) in [5, 5.41) is 2.85. The second-order valence-corrected chi connectivity index (χ2v) is 10.1. The molecule has 1 heterocycles. The van der Waals surface area contributed by atoms with Gasteiger partial charge in [-0.05, 0) is 38.1 Å². The first-order valence-electron chi connectivity index (χ1n) is 9.11. The summed E-state index contributed by atoms with van der Waals surface area (Å²) < 4.78 is 27.1. The van der Waals surface area contributed by atoms with Gasteiger partial charge in [0, 0.05) is 43.7 Å². The van der Waals surface area contributed by atoms with Crippen LogP contribution in [0.4, 0.5) is 0 Å². The van der Waals surface area contributed by atoms with E-state index in [1.807, 2.05) is 18.7 Å². The zero-order valence-electron chi connectivity index (χ0n) is 16.4. The fraction of sp³-hybridized carbons (Fsp3) is 0.556. The van der Waals surface area contributed by atoms with Gasteiger partial charge in [-0.3, -0.25) is 14.5 Å². The van der Waals surface area contributed by atoms with Gasteiger partial charge in [0.15, 0.2) is 0 Å². The van der Waals surface area contributed by atoms with Crippen LogP contribution >= 0.6 is 15.9 Å². The smallest absolute Gasteiger partial charge is 0.243 e. The maximum absolute atomic E-state index is 12.6. The summed E-state index contributed by atoms with van der Waals surface area (Å²) >= 11 is 3.27. The van der Waals surface area contributed by atoms with E-state index in [4.69, 9.17) is 0 Å². The van der Waals surface area contributed by atoms with Gasteiger partial charge in [0.25, 0.3) is 0 Å². The van der Waals surface area contributed by atoms with Crippen LogP contribution < -0.4 is 5.32 Å². The average Bonchev–Trinajstić information content (AvgIpc) is 2.61. The van der Waals surface area contributed by atoms with Gasteiger partial charge in [-0.25, -0.2) is 8.42 Å². The summed E-state index contributed by atoms with van der Waals surface area (Å²) in [5.41, 5.74) is 0. The quantitative estimate of drug-likeness (QED) is 0.629. The molecule has 2 rings (SSSR count). The maximum Gasteiger partial charge on any atom is 0.243 e. The number of hydrogen-bond donors (Lipinski definition) is 1. The molecule has 8 nitrogen and oxygen atoms in total. The molecule has 1 N–H and O–H groups in total. The zero-order valence-corrected chi connectivity index (χ0v) is 18.8. The number of carbonyl (C=O) groups excluding carboxylic acids is 2. The van der Waals surface area contributed by atoms with Crippen molar-refractivity contribution in [2.24, 2.45) is 0 Å². The Kier molecular flexibility index (Phi) is 7.99. The van der Waals surface area contributed by atoms with E-state index >= 15 is 0 Å². The summed E-state index contributed by atoms with van der Waals surface area (Å²) in [5.74, 6) is -0.274. The lowest BCUT2D eigenvalue weighted by atomic mass is 10.3. The van der Waals surface area contributed by atoms with E-state index in [9.17, 15) is 18.0 Å². The Morgan fingerprint density at radius 1 is 1.14 bits per heavy atom. The van der Waals surface area contributed by atoms with E-state index in [0.717, 1.165) is 8.78 Å². The molecule has 0 aliphatic carbocycles.